The molecule has 7 heteroatoms. The SMILES string of the molecule is Cc1ccccc1C(=O)N/N=C/c1cc(I)c(OCc2ccccc2Cl)c(I)c1. The maximum Gasteiger partial charge on any atom is 0.271 e. The lowest BCUT2D eigenvalue weighted by Crippen LogP contribution is -2.18. The Morgan fingerprint density at radius 3 is 2.45 bits per heavy atom. The van der Waals surface area contributed by atoms with Gasteiger partial charge in [0.15, 0.2) is 0 Å². The van der Waals surface area contributed by atoms with Crippen molar-refractivity contribution < 1.29 is 9.53 Å². The average Bonchev–Trinajstić information content (AvgIpc) is 2.69. The lowest BCUT2D eigenvalue weighted by Gasteiger charge is -2.12. The zero-order valence-electron chi connectivity index (χ0n) is 15.5. The summed E-state index contributed by atoms with van der Waals surface area (Å²) in [6.45, 7) is 2.29. The number of hydrazone groups is 1. The molecule has 0 bridgehead atoms. The molecule has 0 fully saturated rings. The molecule has 0 aliphatic carbocycles. The summed E-state index contributed by atoms with van der Waals surface area (Å²) in [4.78, 5) is 12.2. The van der Waals surface area contributed by atoms with Crippen LogP contribution >= 0.6 is 56.8 Å². The second-order valence-electron chi connectivity index (χ2n) is 6.21. The fraction of sp³-hybridized carbons (Fsp3) is 0.0909. The van der Waals surface area contributed by atoms with Crippen molar-refractivity contribution in [3.63, 3.8) is 0 Å². The van der Waals surface area contributed by atoms with Crippen molar-refractivity contribution in [3.8, 4) is 5.75 Å². The van der Waals surface area contributed by atoms with E-state index in [-0.39, 0.29) is 5.91 Å². The third-order valence-corrected chi connectivity index (χ3v) is 6.09. The molecule has 0 radical (unpaired) electrons. The second kappa shape index (κ2) is 10.4. The van der Waals surface area contributed by atoms with Crippen LogP contribution in [0.25, 0.3) is 0 Å². The monoisotopic (exact) mass is 630 g/mol. The number of ether oxygens (including phenoxy) is 1. The normalized spacial score (nSPS) is 10.9. The number of halogens is 3. The highest BCUT2D eigenvalue weighted by Crippen LogP contribution is 2.30. The Kier molecular flexibility index (Phi) is 7.91. The summed E-state index contributed by atoms with van der Waals surface area (Å²) in [6, 6.07) is 18.9. The van der Waals surface area contributed by atoms with Crippen LogP contribution in [-0.2, 0) is 6.61 Å². The van der Waals surface area contributed by atoms with E-state index in [1.54, 1.807) is 12.3 Å². The highest BCUT2D eigenvalue weighted by molar-refractivity contribution is 14.1. The Bertz CT molecular complexity index is 1050. The Morgan fingerprint density at radius 1 is 1.10 bits per heavy atom. The van der Waals surface area contributed by atoms with Crippen LogP contribution in [0.3, 0.4) is 0 Å². The summed E-state index contributed by atoms with van der Waals surface area (Å²) in [5.74, 6) is 0.565. The topological polar surface area (TPSA) is 50.7 Å². The number of hydrogen-bond acceptors (Lipinski definition) is 3. The van der Waals surface area contributed by atoms with Gasteiger partial charge in [-0.2, -0.15) is 5.10 Å². The first-order valence-corrected chi connectivity index (χ1v) is 11.2. The van der Waals surface area contributed by atoms with Crippen LogP contribution in [0.15, 0.2) is 65.8 Å². The van der Waals surface area contributed by atoms with Crippen molar-refractivity contribution >= 4 is 68.9 Å². The molecule has 3 aromatic rings. The number of hydrogen-bond donors (Lipinski definition) is 1. The molecule has 148 valence electrons. The number of rotatable bonds is 6. The lowest BCUT2D eigenvalue weighted by molar-refractivity contribution is 0.0954. The van der Waals surface area contributed by atoms with Gasteiger partial charge in [-0.3, -0.25) is 4.79 Å². The molecule has 3 aromatic carbocycles. The molecule has 29 heavy (non-hydrogen) atoms. The van der Waals surface area contributed by atoms with Gasteiger partial charge < -0.3 is 4.74 Å². The van der Waals surface area contributed by atoms with Crippen molar-refractivity contribution in [2.45, 2.75) is 13.5 Å². The van der Waals surface area contributed by atoms with Crippen LogP contribution in [0.1, 0.15) is 27.0 Å². The van der Waals surface area contributed by atoms with Crippen LogP contribution in [0, 0.1) is 14.1 Å². The minimum Gasteiger partial charge on any atom is -0.487 e. The van der Waals surface area contributed by atoms with Gasteiger partial charge in [0, 0.05) is 16.1 Å². The van der Waals surface area contributed by atoms with E-state index < -0.39 is 0 Å². The first-order valence-electron chi connectivity index (χ1n) is 8.70. The maximum atomic E-state index is 12.2. The zero-order chi connectivity index (χ0) is 20.8. The Morgan fingerprint density at radius 2 is 1.76 bits per heavy atom. The minimum absolute atomic E-state index is 0.233. The van der Waals surface area contributed by atoms with Crippen LogP contribution < -0.4 is 10.2 Å². The predicted octanol–water partition coefficient (Wildman–Crippen LogP) is 6.20. The minimum atomic E-state index is -0.233. The Balaban J connectivity index is 1.67. The van der Waals surface area contributed by atoms with Crippen molar-refractivity contribution in [1.29, 1.82) is 0 Å². The van der Waals surface area contributed by atoms with Gasteiger partial charge >= 0.3 is 0 Å². The highest BCUT2D eigenvalue weighted by atomic mass is 127. The average molecular weight is 631 g/mol. The van der Waals surface area contributed by atoms with E-state index in [9.17, 15) is 4.79 Å². The molecule has 3 rings (SSSR count). The van der Waals surface area contributed by atoms with Gasteiger partial charge in [-0.05, 0) is 87.5 Å². The standard InChI is InChI=1S/C22H17ClI2N2O2/c1-14-6-2-4-8-17(14)22(28)27-26-12-15-10-19(24)21(20(25)11-15)29-13-16-7-3-5-9-18(16)23/h2-12H,13H2,1H3,(H,27,28)/b26-12+. The largest absolute Gasteiger partial charge is 0.487 e. The van der Waals surface area contributed by atoms with Gasteiger partial charge in [-0.25, -0.2) is 5.43 Å². The van der Waals surface area contributed by atoms with Gasteiger partial charge in [-0.15, -0.1) is 0 Å². The molecule has 0 spiro atoms. The maximum absolute atomic E-state index is 12.2. The molecule has 1 N–H and O–H groups in total. The molecular weight excluding hydrogens is 614 g/mol. The van der Waals surface area contributed by atoms with Crippen LogP contribution in [0.4, 0.5) is 0 Å². The Hall–Kier alpha value is -1.65. The fourth-order valence-electron chi connectivity index (χ4n) is 2.61. The number of carbonyl (C=O) groups is 1. The van der Waals surface area contributed by atoms with Gasteiger partial charge in [-0.1, -0.05) is 48.0 Å². The number of aryl methyl sites for hydroxylation is 1. The van der Waals surface area contributed by atoms with Crippen LogP contribution in [-0.4, -0.2) is 12.1 Å². The molecule has 0 saturated carbocycles. The van der Waals surface area contributed by atoms with Crippen molar-refractivity contribution in [2.24, 2.45) is 5.10 Å². The molecule has 0 atom stereocenters. The van der Waals surface area contributed by atoms with Gasteiger partial charge in [0.05, 0.1) is 13.4 Å². The van der Waals surface area contributed by atoms with E-state index in [4.69, 9.17) is 16.3 Å². The summed E-state index contributed by atoms with van der Waals surface area (Å²) in [5, 5.41) is 4.77. The van der Waals surface area contributed by atoms with Crippen LogP contribution in [0.2, 0.25) is 5.02 Å². The molecule has 0 saturated heterocycles. The van der Waals surface area contributed by atoms with E-state index in [0.717, 1.165) is 29.6 Å². The number of amides is 1. The molecule has 4 nitrogen and oxygen atoms in total. The first-order chi connectivity index (χ1) is 14.0. The summed E-state index contributed by atoms with van der Waals surface area (Å²) in [7, 11) is 0. The number of carbonyl (C=O) groups excluding carboxylic acids is 1. The zero-order valence-corrected chi connectivity index (χ0v) is 20.5. The third kappa shape index (κ3) is 5.93. The van der Waals surface area contributed by atoms with E-state index >= 15 is 0 Å². The number of nitrogens with zero attached hydrogens (tertiary/aromatic N) is 1. The van der Waals surface area contributed by atoms with Crippen molar-refractivity contribution in [2.75, 3.05) is 0 Å². The fourth-order valence-corrected chi connectivity index (χ4v) is 4.93. The predicted molar refractivity (Wildman–Crippen MR) is 134 cm³/mol. The van der Waals surface area contributed by atoms with Gasteiger partial charge in [0.25, 0.3) is 5.91 Å². The van der Waals surface area contributed by atoms with Crippen LogP contribution in [0.5, 0.6) is 5.75 Å². The molecule has 0 aliphatic rings. The molecule has 0 unspecified atom stereocenters. The van der Waals surface area contributed by atoms with Crippen molar-refractivity contribution in [3.05, 3.63) is 95.1 Å². The smallest absolute Gasteiger partial charge is 0.271 e. The first kappa shape index (κ1) is 22.0. The van der Waals surface area contributed by atoms with E-state index in [2.05, 4.69) is 55.7 Å². The van der Waals surface area contributed by atoms with Gasteiger partial charge in [0.2, 0.25) is 0 Å². The lowest BCUT2D eigenvalue weighted by atomic mass is 10.1. The van der Waals surface area contributed by atoms with E-state index in [1.807, 2.05) is 61.5 Å². The molecule has 1 amide bonds. The third-order valence-electron chi connectivity index (χ3n) is 4.12. The van der Waals surface area contributed by atoms with E-state index in [0.29, 0.717) is 17.2 Å². The quantitative estimate of drug-likeness (QED) is 0.200. The molecule has 0 aromatic heterocycles. The van der Waals surface area contributed by atoms with Gasteiger partial charge in [0.1, 0.15) is 12.4 Å². The summed E-state index contributed by atoms with van der Waals surface area (Å²) in [5.41, 5.74) is 5.89. The highest BCUT2D eigenvalue weighted by Gasteiger charge is 2.10. The summed E-state index contributed by atoms with van der Waals surface area (Å²) < 4.78 is 7.89. The summed E-state index contributed by atoms with van der Waals surface area (Å²) in [6.07, 6.45) is 1.62. The molecule has 0 heterocycles. The van der Waals surface area contributed by atoms with Crippen molar-refractivity contribution in [1.82, 2.24) is 5.43 Å². The molecular formula is C22H17ClI2N2O2. The summed E-state index contributed by atoms with van der Waals surface area (Å²) >= 11 is 10.7. The molecule has 0 aliphatic heterocycles. The Labute approximate surface area is 202 Å². The number of benzene rings is 3. The number of nitrogens with one attached hydrogen (secondary N) is 1. The second-order valence-corrected chi connectivity index (χ2v) is 8.94. The van der Waals surface area contributed by atoms with E-state index in [1.165, 1.54) is 0 Å².